The van der Waals surface area contributed by atoms with E-state index in [2.05, 4.69) is 0 Å². The summed E-state index contributed by atoms with van der Waals surface area (Å²) in [7, 11) is 1.52. The van der Waals surface area contributed by atoms with Gasteiger partial charge in [-0.15, -0.1) is 0 Å². The Morgan fingerprint density at radius 2 is 1.84 bits per heavy atom. The molecule has 2 heterocycles. The minimum atomic E-state index is -2.06. The monoisotopic (exact) mass is 615 g/mol. The van der Waals surface area contributed by atoms with Crippen molar-refractivity contribution in [3.63, 3.8) is 0 Å². The molecule has 0 spiro atoms. The fraction of sp³-hybridized carbons (Fsp3) is 0.516. The number of carbonyl (C=O) groups is 3. The van der Waals surface area contributed by atoms with Gasteiger partial charge in [-0.1, -0.05) is 12.1 Å². The van der Waals surface area contributed by atoms with Gasteiger partial charge in [0.1, 0.15) is 22.9 Å². The third kappa shape index (κ3) is 4.83. The van der Waals surface area contributed by atoms with Crippen LogP contribution in [0.25, 0.3) is 0 Å². The Hall–Kier alpha value is -3.30. The number of ether oxygens (including phenoxy) is 4. The number of hydrogen-bond donors (Lipinski definition) is 4. The first-order valence-corrected chi connectivity index (χ1v) is 14.5. The average Bonchev–Trinajstić information content (AvgIpc) is 2.99. The molecular formula is C31H34FNO11. The molecule has 0 bridgehead atoms. The largest absolute Gasteiger partial charge is 0.507 e. The molecule has 44 heavy (non-hydrogen) atoms. The molecule has 0 saturated carbocycles. The van der Waals surface area contributed by atoms with E-state index >= 15 is 0 Å². The number of fused-ring (bicyclic) bond motifs is 3. The number of aliphatic hydroxyl groups excluding tert-OH is 1. The van der Waals surface area contributed by atoms with Crippen molar-refractivity contribution in [2.24, 2.45) is 0 Å². The SMILES string of the molecule is CO[C@@H]1CN([C@H]2C[C@H](O[C@H]3C[C@](O)(C(C)=O)Cc4c(O)c5c(c(O)c43)C(=O)c3c(F)cccc3C5=O)O[C@@H](C)[C@H]2O)CCO1. The van der Waals surface area contributed by atoms with Crippen molar-refractivity contribution in [3.05, 3.63) is 57.4 Å². The number of benzene rings is 2. The van der Waals surface area contributed by atoms with Gasteiger partial charge in [0.2, 0.25) is 5.78 Å². The first-order chi connectivity index (χ1) is 20.9. The third-order valence-corrected chi connectivity index (χ3v) is 9.29. The Bertz CT molecular complexity index is 1550. The number of methoxy groups -OCH3 is 1. The van der Waals surface area contributed by atoms with Gasteiger partial charge in [0.15, 0.2) is 24.1 Å². The van der Waals surface area contributed by atoms with Crippen molar-refractivity contribution < 1.29 is 58.1 Å². The second-order valence-electron chi connectivity index (χ2n) is 11.8. The van der Waals surface area contributed by atoms with E-state index in [1.165, 1.54) is 26.2 Å². The highest BCUT2D eigenvalue weighted by molar-refractivity contribution is 6.30. The van der Waals surface area contributed by atoms with Crippen molar-refractivity contribution in [2.75, 3.05) is 26.8 Å². The molecule has 2 fully saturated rings. The molecule has 0 radical (unpaired) electrons. The number of aromatic hydroxyl groups is 2. The Labute approximate surface area is 251 Å². The molecule has 12 nitrogen and oxygen atoms in total. The molecule has 2 aliphatic carbocycles. The molecule has 0 unspecified atom stereocenters. The molecule has 2 aromatic rings. The predicted octanol–water partition coefficient (Wildman–Crippen LogP) is 1.51. The molecular weight excluding hydrogens is 581 g/mol. The van der Waals surface area contributed by atoms with Crippen LogP contribution in [0, 0.1) is 5.82 Å². The summed E-state index contributed by atoms with van der Waals surface area (Å²) in [5.41, 5.74) is -4.26. The highest BCUT2D eigenvalue weighted by Gasteiger charge is 2.50. The first kappa shape index (κ1) is 30.7. The summed E-state index contributed by atoms with van der Waals surface area (Å²) < 4.78 is 37.9. The molecule has 6 rings (SSSR count). The van der Waals surface area contributed by atoms with Gasteiger partial charge in [0.05, 0.1) is 41.6 Å². The zero-order chi connectivity index (χ0) is 31.7. The number of nitrogens with zero attached hydrogens (tertiary/aromatic N) is 1. The molecule has 0 aromatic heterocycles. The number of carbonyl (C=O) groups excluding carboxylic acids is 3. The standard InChI is InChI=1S/C31H34FNO11/c1-13-26(35)18(33-7-8-42-21(12-33)41-3)9-20(43-13)44-19-11-31(40,14(2)34)10-16-23(19)30(39)25-24(28(16)37)27(36)15-5-4-6-17(32)22(15)29(25)38/h4-6,13,18-21,26,35,37,39-40H,7-12H2,1-3H3/t13-,18-,19-,20-,21-,26+,31-/m0/s1. The van der Waals surface area contributed by atoms with Gasteiger partial charge in [-0.3, -0.25) is 19.3 Å². The summed E-state index contributed by atoms with van der Waals surface area (Å²) in [6.45, 7) is 4.09. The van der Waals surface area contributed by atoms with Crippen molar-refractivity contribution in [1.29, 1.82) is 0 Å². The quantitative estimate of drug-likeness (QED) is 0.305. The van der Waals surface area contributed by atoms with Crippen LogP contribution in [0.3, 0.4) is 0 Å². The fourth-order valence-electron chi connectivity index (χ4n) is 6.86. The summed E-state index contributed by atoms with van der Waals surface area (Å²) in [6.07, 6.45) is -5.15. The number of Topliss-reactive ketones (excluding diaryl/α,β-unsaturated/α-hetero) is 1. The van der Waals surface area contributed by atoms with E-state index in [0.717, 1.165) is 6.07 Å². The van der Waals surface area contributed by atoms with Crippen molar-refractivity contribution in [3.8, 4) is 11.5 Å². The number of hydrogen-bond acceptors (Lipinski definition) is 12. The van der Waals surface area contributed by atoms with Crippen LogP contribution in [0.2, 0.25) is 0 Å². The number of phenols is 2. The van der Waals surface area contributed by atoms with E-state index in [1.54, 1.807) is 6.92 Å². The zero-order valence-corrected chi connectivity index (χ0v) is 24.4. The molecule has 2 aromatic carbocycles. The smallest absolute Gasteiger partial charge is 0.201 e. The predicted molar refractivity (Wildman–Crippen MR) is 148 cm³/mol. The Morgan fingerprint density at radius 3 is 2.55 bits per heavy atom. The van der Waals surface area contributed by atoms with Crippen LogP contribution in [-0.2, 0) is 30.2 Å². The highest BCUT2D eigenvalue weighted by Crippen LogP contribution is 2.52. The molecule has 4 N–H and O–H groups in total. The van der Waals surface area contributed by atoms with Crippen LogP contribution in [0.15, 0.2) is 18.2 Å². The molecule has 13 heteroatoms. The molecule has 2 aliphatic heterocycles. The number of aliphatic hydroxyl groups is 2. The van der Waals surface area contributed by atoms with Gasteiger partial charge in [-0.05, 0) is 19.9 Å². The minimum Gasteiger partial charge on any atom is -0.507 e. The Kier molecular flexibility index (Phi) is 7.85. The summed E-state index contributed by atoms with van der Waals surface area (Å²) in [6, 6.07) is 3.05. The lowest BCUT2D eigenvalue weighted by Crippen LogP contribution is -2.59. The molecule has 0 amide bonds. The molecule has 2 saturated heterocycles. The topological polar surface area (TPSA) is 172 Å². The zero-order valence-electron chi connectivity index (χ0n) is 24.4. The number of phenolic OH excluding ortho intramolecular Hbond substituents is 2. The van der Waals surface area contributed by atoms with E-state index in [-0.39, 0.29) is 29.5 Å². The van der Waals surface area contributed by atoms with E-state index in [4.69, 9.17) is 18.9 Å². The van der Waals surface area contributed by atoms with Gasteiger partial charge < -0.3 is 39.4 Å². The second kappa shape index (κ2) is 11.2. The molecule has 7 atom stereocenters. The van der Waals surface area contributed by atoms with Crippen LogP contribution >= 0.6 is 0 Å². The Balaban J connectivity index is 1.41. The third-order valence-electron chi connectivity index (χ3n) is 9.29. The maximum absolute atomic E-state index is 14.8. The van der Waals surface area contributed by atoms with Crippen LogP contribution in [0.5, 0.6) is 11.5 Å². The molecule has 4 aliphatic rings. The second-order valence-corrected chi connectivity index (χ2v) is 11.8. The maximum Gasteiger partial charge on any atom is 0.201 e. The Morgan fingerprint density at radius 1 is 1.11 bits per heavy atom. The van der Waals surface area contributed by atoms with E-state index in [0.29, 0.717) is 19.7 Å². The normalized spacial score (nSPS) is 32.1. The number of rotatable bonds is 5. The summed E-state index contributed by atoms with van der Waals surface area (Å²) >= 11 is 0. The van der Waals surface area contributed by atoms with Crippen LogP contribution < -0.4 is 0 Å². The highest BCUT2D eigenvalue weighted by atomic mass is 19.1. The van der Waals surface area contributed by atoms with Crippen LogP contribution in [-0.4, -0.2) is 106 Å². The number of morpholine rings is 1. The fourth-order valence-corrected chi connectivity index (χ4v) is 6.86. The van der Waals surface area contributed by atoms with Gasteiger partial charge >= 0.3 is 0 Å². The average molecular weight is 616 g/mol. The first-order valence-electron chi connectivity index (χ1n) is 14.5. The van der Waals surface area contributed by atoms with E-state index < -0.39 is 100 Å². The number of ketones is 3. The van der Waals surface area contributed by atoms with Crippen molar-refractivity contribution in [2.45, 2.75) is 75.6 Å². The summed E-state index contributed by atoms with van der Waals surface area (Å²) in [4.78, 5) is 41.6. The van der Waals surface area contributed by atoms with Crippen molar-refractivity contribution >= 4 is 17.3 Å². The summed E-state index contributed by atoms with van der Waals surface area (Å²) in [5, 5.41) is 45.4. The lowest BCUT2D eigenvalue weighted by atomic mass is 9.72. The van der Waals surface area contributed by atoms with Gasteiger partial charge in [0.25, 0.3) is 0 Å². The van der Waals surface area contributed by atoms with Crippen LogP contribution in [0.4, 0.5) is 4.39 Å². The van der Waals surface area contributed by atoms with Gasteiger partial charge in [-0.2, -0.15) is 0 Å². The summed E-state index contributed by atoms with van der Waals surface area (Å²) in [5.74, 6) is -4.92. The van der Waals surface area contributed by atoms with Crippen LogP contribution in [0.1, 0.15) is 75.8 Å². The van der Waals surface area contributed by atoms with Gasteiger partial charge in [-0.25, -0.2) is 4.39 Å². The lowest BCUT2D eigenvalue weighted by molar-refractivity contribution is -0.266. The van der Waals surface area contributed by atoms with Crippen molar-refractivity contribution in [1.82, 2.24) is 4.90 Å². The van der Waals surface area contributed by atoms with E-state index in [9.17, 15) is 39.2 Å². The van der Waals surface area contributed by atoms with Gasteiger partial charge in [0, 0.05) is 62.2 Å². The minimum absolute atomic E-state index is 0.113. The lowest BCUT2D eigenvalue weighted by Gasteiger charge is -2.47. The number of halogens is 1. The maximum atomic E-state index is 14.8. The molecule has 236 valence electrons. The van der Waals surface area contributed by atoms with E-state index in [1.807, 2.05) is 4.90 Å².